The van der Waals surface area contributed by atoms with Crippen molar-refractivity contribution in [2.75, 3.05) is 0 Å². The molecule has 4 nitrogen and oxygen atoms in total. The highest BCUT2D eigenvalue weighted by Crippen LogP contribution is 2.17. The maximum atomic E-state index is 11.4. The minimum atomic E-state index is -1.08. The van der Waals surface area contributed by atoms with Crippen LogP contribution >= 0.6 is 11.3 Å². The first-order chi connectivity index (χ1) is 6.61. The molecule has 14 heavy (non-hydrogen) atoms. The van der Waals surface area contributed by atoms with Gasteiger partial charge >= 0.3 is 5.97 Å². The maximum Gasteiger partial charge on any atom is 0.353 e. The van der Waals surface area contributed by atoms with Gasteiger partial charge in [-0.3, -0.25) is 9.20 Å². The third-order valence-corrected chi connectivity index (χ3v) is 3.05. The number of aryl methyl sites for hydroxylation is 1. The molecule has 2 aromatic rings. The number of nitrogens with zero attached hydrogens (tertiary/aromatic N) is 1. The molecule has 2 aromatic heterocycles. The Balaban J connectivity index is 2.98. The number of carboxylic acid groups (broad SMARTS) is 1. The first-order valence-corrected chi connectivity index (χ1v) is 4.82. The summed E-state index contributed by atoms with van der Waals surface area (Å²) in [6.45, 7) is 1.84. The van der Waals surface area contributed by atoms with Gasteiger partial charge in [0.05, 0.1) is 0 Å². The van der Waals surface area contributed by atoms with E-state index in [1.807, 2.05) is 6.92 Å². The highest BCUT2D eigenvalue weighted by atomic mass is 32.1. The third kappa shape index (κ3) is 1.13. The van der Waals surface area contributed by atoms with Crippen LogP contribution in [0.15, 0.2) is 22.3 Å². The van der Waals surface area contributed by atoms with Crippen molar-refractivity contribution in [3.8, 4) is 0 Å². The van der Waals surface area contributed by atoms with Gasteiger partial charge in [0.2, 0.25) is 0 Å². The second-order valence-corrected chi connectivity index (χ2v) is 3.78. The van der Waals surface area contributed by atoms with E-state index in [4.69, 9.17) is 5.11 Å². The van der Waals surface area contributed by atoms with Crippen LogP contribution in [0.1, 0.15) is 16.1 Å². The number of aromatic carboxylic acids is 1. The maximum absolute atomic E-state index is 11.4. The van der Waals surface area contributed by atoms with Crippen LogP contribution in [0.3, 0.4) is 0 Å². The van der Waals surface area contributed by atoms with Crippen LogP contribution < -0.4 is 5.56 Å². The van der Waals surface area contributed by atoms with Gasteiger partial charge in [-0.05, 0) is 12.5 Å². The molecule has 2 heterocycles. The van der Waals surface area contributed by atoms with Gasteiger partial charge < -0.3 is 5.11 Å². The molecular formula is C9H7NO3S. The van der Waals surface area contributed by atoms with Gasteiger partial charge in [-0.2, -0.15) is 0 Å². The number of hydrogen-bond donors (Lipinski definition) is 1. The Bertz CT molecular complexity index is 567. The van der Waals surface area contributed by atoms with Crippen molar-refractivity contribution in [3.05, 3.63) is 39.1 Å². The molecule has 0 amide bonds. The lowest BCUT2D eigenvalue weighted by molar-refractivity contribution is 0.0689. The summed E-state index contributed by atoms with van der Waals surface area (Å²) in [6.07, 6.45) is 0. The molecule has 0 aromatic carbocycles. The summed E-state index contributed by atoms with van der Waals surface area (Å²) in [5.74, 6) is -1.08. The predicted octanol–water partition coefficient (Wildman–Crippen LogP) is 1.37. The van der Waals surface area contributed by atoms with Gasteiger partial charge in [-0.15, -0.1) is 11.3 Å². The van der Waals surface area contributed by atoms with Crippen molar-refractivity contribution in [1.29, 1.82) is 0 Å². The van der Waals surface area contributed by atoms with Crippen LogP contribution in [0.2, 0.25) is 0 Å². The molecule has 0 aliphatic heterocycles. The van der Waals surface area contributed by atoms with Crippen LogP contribution in [0, 0.1) is 6.92 Å². The summed E-state index contributed by atoms with van der Waals surface area (Å²) < 4.78 is 1.22. The molecule has 0 unspecified atom stereocenters. The van der Waals surface area contributed by atoms with Crippen LogP contribution in [-0.2, 0) is 0 Å². The standard InChI is InChI=1S/C9H7NO3S/c1-5-2-3-7(11)10-6(9(12)13)4-14-8(5)10/h2-4H,1H3,(H,12,13). The topological polar surface area (TPSA) is 58.8 Å². The monoisotopic (exact) mass is 209 g/mol. The number of aromatic nitrogens is 1. The fourth-order valence-corrected chi connectivity index (χ4v) is 2.28. The lowest BCUT2D eigenvalue weighted by Gasteiger charge is -1.97. The van der Waals surface area contributed by atoms with Crippen LogP contribution in [0.5, 0.6) is 0 Å². The van der Waals surface area contributed by atoms with E-state index in [-0.39, 0.29) is 11.3 Å². The number of pyridine rings is 1. The molecule has 0 spiro atoms. The molecule has 0 bridgehead atoms. The first-order valence-electron chi connectivity index (χ1n) is 3.94. The highest BCUT2D eigenvalue weighted by Gasteiger charge is 2.12. The second-order valence-electron chi connectivity index (χ2n) is 2.92. The number of carboxylic acids is 1. The molecule has 0 fully saturated rings. The van der Waals surface area contributed by atoms with Crippen molar-refractivity contribution in [2.24, 2.45) is 0 Å². The Morgan fingerprint density at radius 3 is 2.86 bits per heavy atom. The van der Waals surface area contributed by atoms with Gasteiger partial charge in [-0.1, -0.05) is 6.07 Å². The minimum Gasteiger partial charge on any atom is -0.477 e. The summed E-state index contributed by atoms with van der Waals surface area (Å²) in [6, 6.07) is 3.07. The zero-order chi connectivity index (χ0) is 10.3. The highest BCUT2D eigenvalue weighted by molar-refractivity contribution is 7.16. The smallest absolute Gasteiger partial charge is 0.353 e. The van der Waals surface area contributed by atoms with Crippen molar-refractivity contribution in [3.63, 3.8) is 0 Å². The Labute approximate surface area is 83.0 Å². The van der Waals surface area contributed by atoms with E-state index in [2.05, 4.69) is 0 Å². The number of hydrogen-bond acceptors (Lipinski definition) is 3. The van der Waals surface area contributed by atoms with E-state index in [9.17, 15) is 9.59 Å². The van der Waals surface area contributed by atoms with Gasteiger partial charge in [0.1, 0.15) is 10.5 Å². The Morgan fingerprint density at radius 2 is 2.21 bits per heavy atom. The van der Waals surface area contributed by atoms with Crippen LogP contribution in [0.25, 0.3) is 4.83 Å². The van der Waals surface area contributed by atoms with Gasteiger partial charge in [-0.25, -0.2) is 4.79 Å². The lowest BCUT2D eigenvalue weighted by atomic mass is 10.3. The van der Waals surface area contributed by atoms with Crippen molar-refractivity contribution in [2.45, 2.75) is 6.92 Å². The zero-order valence-electron chi connectivity index (χ0n) is 7.35. The minimum absolute atomic E-state index is 0.0266. The molecule has 0 radical (unpaired) electrons. The number of rotatable bonds is 1. The van der Waals surface area contributed by atoms with Gasteiger partial charge in [0, 0.05) is 11.4 Å². The van der Waals surface area contributed by atoms with E-state index in [1.165, 1.54) is 27.2 Å². The number of carbonyl (C=O) groups is 1. The second kappa shape index (κ2) is 2.95. The molecule has 2 rings (SSSR count). The van der Waals surface area contributed by atoms with E-state index < -0.39 is 5.97 Å². The molecule has 1 N–H and O–H groups in total. The normalized spacial score (nSPS) is 10.6. The number of fused-ring (bicyclic) bond motifs is 1. The van der Waals surface area contributed by atoms with E-state index in [1.54, 1.807) is 6.07 Å². The summed E-state index contributed by atoms with van der Waals surface area (Å²) in [5.41, 5.74) is 0.630. The molecule has 0 atom stereocenters. The zero-order valence-corrected chi connectivity index (χ0v) is 8.17. The first kappa shape index (κ1) is 8.96. The predicted molar refractivity (Wildman–Crippen MR) is 53.2 cm³/mol. The van der Waals surface area contributed by atoms with E-state index in [0.717, 1.165) is 5.56 Å². The van der Waals surface area contributed by atoms with E-state index in [0.29, 0.717) is 4.83 Å². The van der Waals surface area contributed by atoms with Gasteiger partial charge in [0.15, 0.2) is 0 Å². The third-order valence-electron chi connectivity index (χ3n) is 1.98. The van der Waals surface area contributed by atoms with Crippen LogP contribution in [0.4, 0.5) is 0 Å². The van der Waals surface area contributed by atoms with Crippen molar-refractivity contribution < 1.29 is 9.90 Å². The average molecular weight is 209 g/mol. The molecule has 72 valence electrons. The molecule has 5 heteroatoms. The Morgan fingerprint density at radius 1 is 1.50 bits per heavy atom. The summed E-state index contributed by atoms with van der Waals surface area (Å²) in [7, 11) is 0. The summed E-state index contributed by atoms with van der Waals surface area (Å²) >= 11 is 1.27. The summed E-state index contributed by atoms with van der Waals surface area (Å²) in [4.78, 5) is 22.9. The van der Waals surface area contributed by atoms with Crippen molar-refractivity contribution >= 4 is 22.1 Å². The van der Waals surface area contributed by atoms with Gasteiger partial charge in [0.25, 0.3) is 5.56 Å². The average Bonchev–Trinajstić information content (AvgIpc) is 2.56. The fraction of sp³-hybridized carbons (Fsp3) is 0.111. The molecule has 0 aliphatic rings. The Kier molecular flexibility index (Phi) is 1.89. The number of thiazole rings is 1. The molecule has 0 saturated carbocycles. The molecule has 0 aliphatic carbocycles. The lowest BCUT2D eigenvalue weighted by Crippen LogP contribution is -2.16. The molecular weight excluding hydrogens is 202 g/mol. The fourth-order valence-electron chi connectivity index (χ4n) is 1.30. The Hall–Kier alpha value is -1.62. The van der Waals surface area contributed by atoms with Crippen molar-refractivity contribution in [1.82, 2.24) is 4.40 Å². The SMILES string of the molecule is Cc1ccc(=O)n2c(C(=O)O)csc12. The largest absolute Gasteiger partial charge is 0.477 e. The van der Waals surface area contributed by atoms with E-state index >= 15 is 0 Å². The molecule has 0 saturated heterocycles. The summed E-state index contributed by atoms with van der Waals surface area (Å²) in [5, 5.41) is 10.3. The quantitative estimate of drug-likeness (QED) is 0.771. The van der Waals surface area contributed by atoms with Crippen LogP contribution in [-0.4, -0.2) is 15.5 Å².